The van der Waals surface area contributed by atoms with Gasteiger partial charge in [-0.15, -0.1) is 0 Å². The summed E-state index contributed by atoms with van der Waals surface area (Å²) < 4.78 is 60.0. The quantitative estimate of drug-likeness (QED) is 0.547. The molecule has 0 aliphatic carbocycles. The van der Waals surface area contributed by atoms with Crippen LogP contribution < -0.4 is 0 Å². The number of halogens is 5. The maximum atomic E-state index is 13.3. The molecule has 2 nitrogen and oxygen atoms in total. The van der Waals surface area contributed by atoms with E-state index in [4.69, 9.17) is 9.47 Å². The van der Waals surface area contributed by atoms with Gasteiger partial charge in [0.05, 0.1) is 6.61 Å². The Labute approximate surface area is 105 Å². The molecule has 0 spiro atoms. The second-order valence-electron chi connectivity index (χ2n) is 3.49. The molecule has 7 heteroatoms. The van der Waals surface area contributed by atoms with E-state index in [-0.39, 0.29) is 0 Å². The Bertz CT molecular complexity index is 411. The summed E-state index contributed by atoms with van der Waals surface area (Å²) in [5.41, 5.74) is 0. The van der Waals surface area contributed by atoms with Crippen molar-refractivity contribution in [3.63, 3.8) is 0 Å². The number of rotatable bonds is 2. The first-order valence-corrected chi connectivity index (χ1v) is 7.16. The minimum Gasteiger partial charge on any atom is -0.459 e. The summed E-state index contributed by atoms with van der Waals surface area (Å²) in [4.78, 5) is 0. The molecule has 96 valence electrons. The molecule has 0 aromatic carbocycles. The minimum absolute atomic E-state index is 0.409. The van der Waals surface area contributed by atoms with E-state index >= 15 is 0 Å². The van der Waals surface area contributed by atoms with Gasteiger partial charge >= 0.3 is 0 Å². The Morgan fingerprint density at radius 3 is 2.53 bits per heavy atom. The van der Waals surface area contributed by atoms with Crippen molar-refractivity contribution in [2.45, 2.75) is 25.6 Å². The number of hydrogen-bond acceptors (Lipinski definition) is 2. The predicted octanol–water partition coefficient (Wildman–Crippen LogP) is 3.90. The summed E-state index contributed by atoms with van der Waals surface area (Å²) in [6.07, 6.45) is 1.22. The summed E-state index contributed by atoms with van der Waals surface area (Å²) >= 11 is -2.01. The van der Waals surface area contributed by atoms with Crippen molar-refractivity contribution in [1.82, 2.24) is 0 Å². The van der Waals surface area contributed by atoms with E-state index in [9.17, 15) is 17.6 Å². The highest BCUT2D eigenvalue weighted by Crippen LogP contribution is 2.38. The van der Waals surface area contributed by atoms with Crippen LogP contribution in [0.4, 0.5) is 17.6 Å². The van der Waals surface area contributed by atoms with E-state index in [0.717, 1.165) is 12.8 Å². The molecular weight excluding hydrogens is 355 g/mol. The average molecular weight is 364 g/mol. The molecule has 1 atom stereocenters. The molecule has 2 aliphatic rings. The van der Waals surface area contributed by atoms with Gasteiger partial charge in [0.2, 0.25) is 17.4 Å². The van der Waals surface area contributed by atoms with E-state index in [2.05, 4.69) is 0 Å². The third-order valence-corrected chi connectivity index (χ3v) is 4.18. The number of ether oxygens (including phenoxy) is 2. The Kier molecular flexibility index (Phi) is 4.18. The molecule has 0 bridgehead atoms. The first-order chi connectivity index (χ1) is 8.09. The lowest BCUT2D eigenvalue weighted by atomic mass is 10.2. The Morgan fingerprint density at radius 2 is 1.88 bits per heavy atom. The zero-order chi connectivity index (χ0) is 12.4. The second kappa shape index (κ2) is 5.47. The van der Waals surface area contributed by atoms with E-state index < -0.39 is 52.0 Å². The van der Waals surface area contributed by atoms with E-state index in [1.165, 1.54) is 0 Å². The maximum Gasteiger partial charge on any atom is 0.209 e. The molecule has 1 fully saturated rings. The fourth-order valence-corrected chi connectivity index (χ4v) is 2.84. The lowest BCUT2D eigenvalue weighted by Gasteiger charge is -2.24. The molecule has 1 saturated heterocycles. The van der Waals surface area contributed by atoms with Gasteiger partial charge in [0.25, 0.3) is 0 Å². The standard InChI is InChI=1S/C10H9F4IO2/c11-6-8(7(12)10(14)15-9(6)13)17-5-3-1-2-4-16-5/h5H,1-4H2. The molecule has 0 aromatic heterocycles. The maximum absolute atomic E-state index is 13.3. The molecule has 2 aliphatic heterocycles. The molecule has 17 heavy (non-hydrogen) atoms. The van der Waals surface area contributed by atoms with Crippen molar-refractivity contribution in [3.8, 4) is 0 Å². The van der Waals surface area contributed by atoms with Gasteiger partial charge in [-0.25, -0.2) is 0 Å². The topological polar surface area (TPSA) is 18.5 Å². The van der Waals surface area contributed by atoms with E-state index in [0.29, 0.717) is 13.0 Å². The monoisotopic (exact) mass is 364 g/mol. The highest BCUT2D eigenvalue weighted by atomic mass is 127. The van der Waals surface area contributed by atoms with Crippen molar-refractivity contribution in [3.05, 3.63) is 21.2 Å². The fourth-order valence-electron chi connectivity index (χ4n) is 1.46. The van der Waals surface area contributed by atoms with Crippen LogP contribution in [0.25, 0.3) is 0 Å². The first kappa shape index (κ1) is 13.0. The number of allylic oxidation sites excluding steroid dienone is 2. The van der Waals surface area contributed by atoms with Crippen molar-refractivity contribution in [2.75, 3.05) is 6.61 Å². The highest BCUT2D eigenvalue weighted by Gasteiger charge is 2.30. The van der Waals surface area contributed by atoms with Crippen LogP contribution in [0.3, 0.4) is 0 Å². The van der Waals surface area contributed by atoms with Gasteiger partial charge < -0.3 is 9.47 Å². The molecule has 0 aromatic rings. The van der Waals surface area contributed by atoms with Crippen molar-refractivity contribution < 1.29 is 27.0 Å². The zero-order valence-electron chi connectivity index (χ0n) is 8.61. The Balaban J connectivity index is 2.18. The highest BCUT2D eigenvalue weighted by molar-refractivity contribution is 14.2. The first-order valence-electron chi connectivity index (χ1n) is 5.01. The van der Waals surface area contributed by atoms with E-state index in [1.54, 1.807) is 0 Å². The lowest BCUT2D eigenvalue weighted by molar-refractivity contribution is -0.139. The van der Waals surface area contributed by atoms with Crippen LogP contribution >= 0.6 is 20.7 Å². The number of hydrogen-bond donors (Lipinski definition) is 0. The minimum atomic E-state index is -2.01. The second-order valence-corrected chi connectivity index (χ2v) is 5.92. The van der Waals surface area contributed by atoms with Gasteiger partial charge in [-0.2, -0.15) is 17.6 Å². The van der Waals surface area contributed by atoms with Crippen LogP contribution in [0.15, 0.2) is 21.2 Å². The Hall–Kier alpha value is -0.440. The fraction of sp³-hybridized carbons (Fsp3) is 0.500. The molecular formula is C10H9F4IO2. The van der Waals surface area contributed by atoms with Gasteiger partial charge in [0, 0.05) is 6.42 Å². The van der Waals surface area contributed by atoms with Crippen LogP contribution in [0.5, 0.6) is 0 Å². The van der Waals surface area contributed by atoms with Crippen molar-refractivity contribution in [2.24, 2.45) is 0 Å². The van der Waals surface area contributed by atoms with Gasteiger partial charge in [0.1, 0.15) is 0 Å². The summed E-state index contributed by atoms with van der Waals surface area (Å²) in [6.45, 7) is 0.409. The molecule has 0 saturated carbocycles. The molecule has 0 radical (unpaired) electrons. The van der Waals surface area contributed by atoms with Crippen molar-refractivity contribution in [1.29, 1.82) is 0 Å². The smallest absolute Gasteiger partial charge is 0.209 e. The van der Waals surface area contributed by atoms with Gasteiger partial charge in [-0.05, 0) is 33.6 Å². The van der Waals surface area contributed by atoms with Gasteiger partial charge in [-0.3, -0.25) is 0 Å². The van der Waals surface area contributed by atoms with Crippen molar-refractivity contribution >= 4 is 24.5 Å². The third-order valence-electron chi connectivity index (χ3n) is 2.28. The summed E-state index contributed by atoms with van der Waals surface area (Å²) in [6, 6.07) is 0. The average Bonchev–Trinajstić information content (AvgIpc) is 2.33. The largest absolute Gasteiger partial charge is 0.459 e. The summed E-state index contributed by atoms with van der Waals surface area (Å²) in [5.74, 6) is -3.88. The van der Waals surface area contributed by atoms with Gasteiger partial charge in [0.15, 0.2) is 13.9 Å². The normalized spacial score (nSPS) is 26.6. The van der Waals surface area contributed by atoms with Crippen LogP contribution in [-0.4, -0.2) is 16.7 Å². The molecule has 2 heterocycles. The van der Waals surface area contributed by atoms with Gasteiger partial charge in [-0.1, -0.05) is 0 Å². The summed E-state index contributed by atoms with van der Waals surface area (Å²) in [7, 11) is 0. The SMILES string of the molecule is FC1=IC(F)=C(F)C(OC2CCCCO2)=C1F. The predicted molar refractivity (Wildman–Crippen MR) is 62.2 cm³/mol. The zero-order valence-corrected chi connectivity index (χ0v) is 10.8. The molecule has 0 amide bonds. The molecule has 2 rings (SSSR count). The Morgan fingerprint density at radius 1 is 1.12 bits per heavy atom. The molecule has 1 unspecified atom stereocenters. The third kappa shape index (κ3) is 2.87. The van der Waals surface area contributed by atoms with Crippen LogP contribution in [0.2, 0.25) is 0 Å². The summed E-state index contributed by atoms with van der Waals surface area (Å²) in [5, 5.41) is 0. The lowest BCUT2D eigenvalue weighted by Crippen LogP contribution is -2.23. The molecule has 0 N–H and O–H groups in total. The van der Waals surface area contributed by atoms with Crippen LogP contribution in [0, 0.1) is 0 Å². The van der Waals surface area contributed by atoms with Crippen LogP contribution in [-0.2, 0) is 9.47 Å². The van der Waals surface area contributed by atoms with Crippen LogP contribution in [0.1, 0.15) is 19.3 Å². The van der Waals surface area contributed by atoms with E-state index in [1.807, 2.05) is 0 Å².